The predicted octanol–water partition coefficient (Wildman–Crippen LogP) is 3.80. The summed E-state index contributed by atoms with van der Waals surface area (Å²) in [5, 5.41) is 10.7. The van der Waals surface area contributed by atoms with E-state index in [1.807, 2.05) is 6.07 Å². The number of carbonyl (C=O) groups excluding carboxylic acids is 1. The second-order valence-corrected chi connectivity index (χ2v) is 9.40. The summed E-state index contributed by atoms with van der Waals surface area (Å²) in [7, 11) is 1.80. The van der Waals surface area contributed by atoms with Crippen molar-refractivity contribution in [2.45, 2.75) is 31.3 Å². The summed E-state index contributed by atoms with van der Waals surface area (Å²) in [6.45, 7) is 9.87. The molecule has 1 aromatic carbocycles. The van der Waals surface area contributed by atoms with E-state index in [-0.39, 0.29) is 5.91 Å². The van der Waals surface area contributed by atoms with E-state index in [1.54, 1.807) is 13.1 Å². The van der Waals surface area contributed by atoms with Crippen LogP contribution in [0.25, 0.3) is 15.1 Å². The molecule has 2 saturated heterocycles. The molecule has 2 atom stereocenters. The zero-order valence-corrected chi connectivity index (χ0v) is 18.8. The van der Waals surface area contributed by atoms with Crippen molar-refractivity contribution < 1.29 is 4.79 Å². The van der Waals surface area contributed by atoms with Gasteiger partial charge in [-0.1, -0.05) is 36.1 Å². The lowest BCUT2D eigenvalue weighted by atomic mass is 10.1. The van der Waals surface area contributed by atoms with Crippen LogP contribution in [0.1, 0.15) is 28.1 Å². The lowest BCUT2D eigenvalue weighted by molar-refractivity contribution is 0.0959. The van der Waals surface area contributed by atoms with Crippen molar-refractivity contribution in [2.24, 2.45) is 0 Å². The smallest absolute Gasteiger partial charge is 0.271 e. The number of amides is 1. The zero-order valence-electron chi connectivity index (χ0n) is 18.0. The van der Waals surface area contributed by atoms with Gasteiger partial charge in [0.25, 0.3) is 11.7 Å². The summed E-state index contributed by atoms with van der Waals surface area (Å²) in [4.78, 5) is 24.3. The lowest BCUT2D eigenvalue weighted by Gasteiger charge is -2.34. The third-order valence-corrected chi connectivity index (χ3v) is 7.43. The molecule has 0 radical (unpaired) electrons. The number of hydrogen-bond donors (Lipinski definition) is 3. The summed E-state index contributed by atoms with van der Waals surface area (Å²) in [5.74, 6) is 0.222. The molecule has 0 unspecified atom stereocenters. The summed E-state index contributed by atoms with van der Waals surface area (Å²) in [6, 6.07) is 13.5. The topological polar surface area (TPSA) is 73.7 Å². The number of nitrogens with zero attached hydrogens (tertiary/aromatic N) is 3. The Kier molecular flexibility index (Phi) is 5.68. The number of pyridine rings is 1. The van der Waals surface area contributed by atoms with Gasteiger partial charge in [-0.05, 0) is 43.0 Å². The van der Waals surface area contributed by atoms with Crippen LogP contribution in [0.3, 0.4) is 0 Å². The Morgan fingerprint density at radius 3 is 2.66 bits per heavy atom. The molecule has 4 heterocycles. The van der Waals surface area contributed by atoms with E-state index < -0.39 is 0 Å². The highest BCUT2D eigenvalue weighted by molar-refractivity contribution is 7.21. The molecule has 5 rings (SSSR count). The highest BCUT2D eigenvalue weighted by Gasteiger charge is 2.32. The van der Waals surface area contributed by atoms with Gasteiger partial charge in [-0.3, -0.25) is 4.79 Å². The third kappa shape index (κ3) is 4.01. The molecule has 7 nitrogen and oxygen atoms in total. The van der Waals surface area contributed by atoms with Crippen LogP contribution in [0.4, 0.5) is 17.2 Å². The number of aromatic nitrogens is 1. The van der Waals surface area contributed by atoms with Crippen molar-refractivity contribution in [3.05, 3.63) is 58.3 Å². The van der Waals surface area contributed by atoms with E-state index >= 15 is 0 Å². The molecule has 3 N–H and O–H groups in total. The van der Waals surface area contributed by atoms with Gasteiger partial charge < -0.3 is 25.7 Å². The molecular weight excluding hydrogens is 420 g/mol. The first-order valence-corrected chi connectivity index (χ1v) is 11.8. The molecule has 8 heteroatoms. The van der Waals surface area contributed by atoms with Crippen LogP contribution in [0.2, 0.25) is 0 Å². The number of nitrogens with one attached hydrogen (secondary N) is 3. The van der Waals surface area contributed by atoms with Gasteiger partial charge in [0.1, 0.15) is 4.88 Å². The number of hydrogen-bond acceptors (Lipinski definition) is 6. The first kappa shape index (κ1) is 20.7. The molecule has 2 fully saturated rings. The maximum Gasteiger partial charge on any atom is 0.271 e. The third-order valence-electron chi connectivity index (χ3n) is 6.33. The van der Waals surface area contributed by atoms with Crippen LogP contribution >= 0.6 is 11.3 Å². The SMILES string of the molecule is [C-]#[N+]c1ccc2c(NC)c(C(=O)NCCc3ccc(N4C[C@H]5CC[C@@H](C4)N5)cc3)sc2n1. The number of anilines is 2. The highest BCUT2D eigenvalue weighted by Crippen LogP contribution is 2.35. The predicted molar refractivity (Wildman–Crippen MR) is 130 cm³/mol. The van der Waals surface area contributed by atoms with Crippen LogP contribution in [0.15, 0.2) is 36.4 Å². The van der Waals surface area contributed by atoms with E-state index in [9.17, 15) is 4.79 Å². The lowest BCUT2D eigenvalue weighted by Crippen LogP contribution is -2.51. The second-order valence-electron chi connectivity index (χ2n) is 8.41. The van der Waals surface area contributed by atoms with Gasteiger partial charge in [0.2, 0.25) is 4.83 Å². The second kappa shape index (κ2) is 8.77. The van der Waals surface area contributed by atoms with Gasteiger partial charge >= 0.3 is 0 Å². The fourth-order valence-electron chi connectivity index (χ4n) is 4.72. The Balaban J connectivity index is 1.20. The number of thiophene rings is 1. The van der Waals surface area contributed by atoms with E-state index in [0.29, 0.717) is 34.2 Å². The van der Waals surface area contributed by atoms with Crippen LogP contribution in [0, 0.1) is 6.57 Å². The van der Waals surface area contributed by atoms with Gasteiger partial charge in [-0.25, -0.2) is 0 Å². The normalized spacial score (nSPS) is 19.7. The Bertz CT molecular complexity index is 1170. The number of rotatable bonds is 6. The minimum absolute atomic E-state index is 0.116. The number of piperazine rings is 1. The van der Waals surface area contributed by atoms with Gasteiger partial charge in [-0.15, -0.1) is 4.98 Å². The minimum Gasteiger partial charge on any atom is -0.386 e. The van der Waals surface area contributed by atoms with Gasteiger partial charge in [-0.2, -0.15) is 0 Å². The fraction of sp³-hybridized carbons (Fsp3) is 0.375. The Morgan fingerprint density at radius 2 is 1.97 bits per heavy atom. The average Bonchev–Trinajstić information content (AvgIpc) is 3.37. The Labute approximate surface area is 191 Å². The first-order valence-electron chi connectivity index (χ1n) is 11.0. The van der Waals surface area contributed by atoms with Crippen LogP contribution in [0.5, 0.6) is 0 Å². The van der Waals surface area contributed by atoms with E-state index in [2.05, 4.69) is 54.9 Å². The largest absolute Gasteiger partial charge is 0.386 e. The van der Waals surface area contributed by atoms with Crippen molar-refractivity contribution in [1.82, 2.24) is 15.6 Å². The Morgan fingerprint density at radius 1 is 1.22 bits per heavy atom. The summed E-state index contributed by atoms with van der Waals surface area (Å²) >= 11 is 1.32. The van der Waals surface area contributed by atoms with E-state index in [4.69, 9.17) is 6.57 Å². The quantitative estimate of drug-likeness (QED) is 0.502. The van der Waals surface area contributed by atoms with Crippen molar-refractivity contribution in [3.63, 3.8) is 0 Å². The van der Waals surface area contributed by atoms with Crippen LogP contribution in [-0.4, -0.2) is 49.7 Å². The molecule has 3 aromatic rings. The van der Waals surface area contributed by atoms with Crippen LogP contribution in [-0.2, 0) is 6.42 Å². The molecule has 0 aliphatic carbocycles. The molecule has 2 aromatic heterocycles. The maximum atomic E-state index is 12.8. The minimum atomic E-state index is -0.116. The van der Waals surface area contributed by atoms with Crippen molar-refractivity contribution in [1.29, 1.82) is 0 Å². The van der Waals surface area contributed by atoms with Gasteiger partial charge in [0, 0.05) is 44.5 Å². The number of carbonyl (C=O) groups is 1. The monoisotopic (exact) mass is 446 g/mol. The van der Waals surface area contributed by atoms with Crippen molar-refractivity contribution >= 4 is 44.7 Å². The standard InChI is InChI=1S/C24H26N6OS/c1-25-20-10-9-19-21(26-2)22(32-24(19)29-20)23(31)27-12-11-15-3-7-18(8-4-15)30-13-16-5-6-17(14-30)28-16/h3-4,7-10,16-17,26,28H,5-6,11-14H2,2H3,(H,27,31)/t16-,17+. The summed E-state index contributed by atoms with van der Waals surface area (Å²) in [5.41, 5.74) is 3.26. The van der Waals surface area contributed by atoms with Crippen molar-refractivity contribution in [3.8, 4) is 0 Å². The molecule has 2 aliphatic heterocycles. The molecule has 0 spiro atoms. The molecule has 1 amide bonds. The number of fused-ring (bicyclic) bond motifs is 3. The van der Waals surface area contributed by atoms with Crippen molar-refractivity contribution in [2.75, 3.05) is 36.9 Å². The summed E-state index contributed by atoms with van der Waals surface area (Å²) in [6.07, 6.45) is 3.34. The average molecular weight is 447 g/mol. The van der Waals surface area contributed by atoms with E-state index in [0.717, 1.165) is 30.6 Å². The molecule has 164 valence electrons. The van der Waals surface area contributed by atoms with Gasteiger partial charge in [0.15, 0.2) is 0 Å². The van der Waals surface area contributed by atoms with E-state index in [1.165, 1.54) is 35.4 Å². The maximum absolute atomic E-state index is 12.8. The zero-order chi connectivity index (χ0) is 22.1. The van der Waals surface area contributed by atoms with Crippen LogP contribution < -0.4 is 20.9 Å². The fourth-order valence-corrected chi connectivity index (χ4v) is 5.81. The van der Waals surface area contributed by atoms with Gasteiger partial charge in [0.05, 0.1) is 11.1 Å². The molecular formula is C24H26N6OS. The molecule has 32 heavy (non-hydrogen) atoms. The first-order chi connectivity index (χ1) is 15.6. The molecule has 0 saturated carbocycles. The Hall–Kier alpha value is -3.15. The molecule has 2 aliphatic rings. The molecule has 2 bridgehead atoms. The summed E-state index contributed by atoms with van der Waals surface area (Å²) < 4.78 is 0. The highest BCUT2D eigenvalue weighted by atomic mass is 32.1. The number of benzene rings is 1.